The van der Waals surface area contributed by atoms with Crippen LogP contribution in [0.3, 0.4) is 0 Å². The van der Waals surface area contributed by atoms with Crippen molar-refractivity contribution in [2.75, 3.05) is 13.1 Å². The zero-order valence-corrected chi connectivity index (χ0v) is 10.4. The van der Waals surface area contributed by atoms with E-state index in [4.69, 9.17) is 0 Å². The van der Waals surface area contributed by atoms with Gasteiger partial charge in [-0.15, -0.1) is 0 Å². The van der Waals surface area contributed by atoms with Crippen LogP contribution >= 0.6 is 0 Å². The fourth-order valence-corrected chi connectivity index (χ4v) is 1.75. The Morgan fingerprint density at radius 2 is 1.89 bits per heavy atom. The minimum absolute atomic E-state index is 0.0760. The van der Waals surface area contributed by atoms with Gasteiger partial charge in [0.1, 0.15) is 6.54 Å². The maximum atomic E-state index is 11.5. The number of nitrogens with zero attached hydrogens (tertiary/aromatic N) is 1. The molecule has 0 aromatic heterocycles. The molecule has 1 aliphatic carbocycles. The standard InChI is InChI=1S/C11H16N4O4/c16-8(6-15-5-1-2-9(15)17)13-14-11(19)10(18)12-7-3-4-7/h7H,1-6H2,(H,12,18)(H,13,16)(H,14,19). The summed E-state index contributed by atoms with van der Waals surface area (Å²) < 4.78 is 0. The number of hydrazine groups is 1. The van der Waals surface area contributed by atoms with Gasteiger partial charge in [0.05, 0.1) is 0 Å². The summed E-state index contributed by atoms with van der Waals surface area (Å²) in [5, 5.41) is 2.49. The second kappa shape index (κ2) is 5.68. The van der Waals surface area contributed by atoms with Gasteiger partial charge < -0.3 is 10.2 Å². The summed E-state index contributed by atoms with van der Waals surface area (Å²) in [5.74, 6) is -2.27. The summed E-state index contributed by atoms with van der Waals surface area (Å²) in [6, 6.07) is 0.0798. The highest BCUT2D eigenvalue weighted by Gasteiger charge is 2.27. The zero-order valence-electron chi connectivity index (χ0n) is 10.4. The zero-order chi connectivity index (χ0) is 13.8. The summed E-state index contributed by atoms with van der Waals surface area (Å²) >= 11 is 0. The summed E-state index contributed by atoms with van der Waals surface area (Å²) in [6.45, 7) is 0.436. The van der Waals surface area contributed by atoms with Gasteiger partial charge >= 0.3 is 11.8 Å². The van der Waals surface area contributed by atoms with Crippen LogP contribution in [0.15, 0.2) is 0 Å². The van der Waals surface area contributed by atoms with E-state index in [1.54, 1.807) is 0 Å². The van der Waals surface area contributed by atoms with Crippen LogP contribution in [-0.4, -0.2) is 47.7 Å². The van der Waals surface area contributed by atoms with Crippen molar-refractivity contribution in [3.63, 3.8) is 0 Å². The van der Waals surface area contributed by atoms with Crippen LogP contribution < -0.4 is 16.2 Å². The van der Waals surface area contributed by atoms with Crippen molar-refractivity contribution in [2.24, 2.45) is 0 Å². The molecule has 8 nitrogen and oxygen atoms in total. The van der Waals surface area contributed by atoms with E-state index in [2.05, 4.69) is 10.7 Å². The summed E-state index contributed by atoms with van der Waals surface area (Å²) in [5.41, 5.74) is 4.13. The Balaban J connectivity index is 1.66. The van der Waals surface area contributed by atoms with E-state index in [1.165, 1.54) is 4.90 Å². The molecule has 0 unspecified atom stereocenters. The number of amides is 4. The maximum absolute atomic E-state index is 11.5. The Bertz CT molecular complexity index is 419. The molecule has 2 fully saturated rings. The highest BCUT2D eigenvalue weighted by atomic mass is 16.2. The van der Waals surface area contributed by atoms with Gasteiger partial charge in [-0.25, -0.2) is 0 Å². The average Bonchev–Trinajstić information content (AvgIpc) is 3.10. The molecule has 2 rings (SSSR count). The first-order chi connectivity index (χ1) is 9.06. The van der Waals surface area contributed by atoms with Crippen LogP contribution in [0.5, 0.6) is 0 Å². The second-order valence-electron chi connectivity index (χ2n) is 4.67. The monoisotopic (exact) mass is 268 g/mol. The van der Waals surface area contributed by atoms with Crippen molar-refractivity contribution < 1.29 is 19.2 Å². The number of carbonyl (C=O) groups excluding carboxylic acids is 4. The molecule has 1 heterocycles. The Morgan fingerprint density at radius 3 is 2.47 bits per heavy atom. The first-order valence-corrected chi connectivity index (χ1v) is 6.23. The smallest absolute Gasteiger partial charge is 0.327 e. The molecule has 8 heteroatoms. The van der Waals surface area contributed by atoms with Gasteiger partial charge in [-0.3, -0.25) is 30.0 Å². The molecule has 0 aromatic carbocycles. The van der Waals surface area contributed by atoms with Crippen LogP contribution in [0.4, 0.5) is 0 Å². The highest BCUT2D eigenvalue weighted by molar-refractivity contribution is 6.35. The molecule has 0 radical (unpaired) electrons. The molecular weight excluding hydrogens is 252 g/mol. The summed E-state index contributed by atoms with van der Waals surface area (Å²) in [4.78, 5) is 46.7. The number of rotatable bonds is 3. The third kappa shape index (κ3) is 3.94. The lowest BCUT2D eigenvalue weighted by Crippen LogP contribution is -2.51. The van der Waals surface area contributed by atoms with Crippen molar-refractivity contribution in [2.45, 2.75) is 31.7 Å². The van der Waals surface area contributed by atoms with E-state index >= 15 is 0 Å². The molecule has 0 bridgehead atoms. The third-order valence-corrected chi connectivity index (χ3v) is 2.94. The van der Waals surface area contributed by atoms with Crippen molar-refractivity contribution in [3.8, 4) is 0 Å². The number of likely N-dealkylation sites (tertiary alicyclic amines) is 1. The number of hydrogen-bond acceptors (Lipinski definition) is 4. The molecule has 0 aromatic rings. The minimum Gasteiger partial charge on any atom is -0.345 e. The Morgan fingerprint density at radius 1 is 1.16 bits per heavy atom. The lowest BCUT2D eigenvalue weighted by molar-refractivity contribution is -0.141. The van der Waals surface area contributed by atoms with Crippen LogP contribution in [-0.2, 0) is 19.2 Å². The third-order valence-electron chi connectivity index (χ3n) is 2.94. The molecule has 0 atom stereocenters. The lowest BCUT2D eigenvalue weighted by atomic mass is 10.4. The van der Waals surface area contributed by atoms with E-state index in [-0.39, 0.29) is 18.5 Å². The van der Waals surface area contributed by atoms with Crippen molar-refractivity contribution in [1.82, 2.24) is 21.1 Å². The minimum atomic E-state index is -0.909. The predicted octanol–water partition coefficient (Wildman–Crippen LogP) is -1.97. The second-order valence-corrected chi connectivity index (χ2v) is 4.67. The average molecular weight is 268 g/mol. The van der Waals surface area contributed by atoms with Crippen molar-refractivity contribution in [3.05, 3.63) is 0 Å². The lowest BCUT2D eigenvalue weighted by Gasteiger charge is -2.15. The fraction of sp³-hybridized carbons (Fsp3) is 0.636. The van der Waals surface area contributed by atoms with Gasteiger partial charge in [-0.05, 0) is 19.3 Å². The van der Waals surface area contributed by atoms with Crippen LogP contribution in [0, 0.1) is 0 Å². The number of hydrogen-bond donors (Lipinski definition) is 3. The van der Waals surface area contributed by atoms with E-state index in [0.29, 0.717) is 13.0 Å². The first-order valence-electron chi connectivity index (χ1n) is 6.23. The van der Waals surface area contributed by atoms with Crippen molar-refractivity contribution >= 4 is 23.6 Å². The van der Waals surface area contributed by atoms with Crippen molar-refractivity contribution in [1.29, 1.82) is 0 Å². The van der Waals surface area contributed by atoms with Gasteiger partial charge in [0, 0.05) is 19.0 Å². The SMILES string of the molecule is O=C(CN1CCCC1=O)NNC(=O)C(=O)NC1CC1. The number of carbonyl (C=O) groups is 4. The van der Waals surface area contributed by atoms with Gasteiger partial charge in [0.15, 0.2) is 0 Å². The quantitative estimate of drug-likeness (QED) is 0.408. The van der Waals surface area contributed by atoms with Gasteiger partial charge in [-0.2, -0.15) is 0 Å². The molecule has 4 amide bonds. The molecule has 104 valence electrons. The van der Waals surface area contributed by atoms with Gasteiger partial charge in [-0.1, -0.05) is 0 Å². The maximum Gasteiger partial charge on any atom is 0.327 e. The predicted molar refractivity (Wildman–Crippen MR) is 63.3 cm³/mol. The van der Waals surface area contributed by atoms with Crippen LogP contribution in [0.25, 0.3) is 0 Å². The van der Waals surface area contributed by atoms with Crippen LogP contribution in [0.1, 0.15) is 25.7 Å². The fourth-order valence-electron chi connectivity index (χ4n) is 1.75. The Hall–Kier alpha value is -2.12. The highest BCUT2D eigenvalue weighted by Crippen LogP contribution is 2.18. The summed E-state index contributed by atoms with van der Waals surface area (Å²) in [7, 11) is 0. The first kappa shape index (κ1) is 13.3. The molecule has 3 N–H and O–H groups in total. The Kier molecular flexibility index (Phi) is 3.98. The Labute approximate surface area is 109 Å². The number of nitrogens with one attached hydrogen (secondary N) is 3. The van der Waals surface area contributed by atoms with E-state index < -0.39 is 17.7 Å². The summed E-state index contributed by atoms with van der Waals surface area (Å²) in [6.07, 6.45) is 2.94. The molecular formula is C11H16N4O4. The molecule has 1 saturated carbocycles. The van der Waals surface area contributed by atoms with E-state index in [1.807, 2.05) is 5.43 Å². The molecule has 0 spiro atoms. The largest absolute Gasteiger partial charge is 0.345 e. The van der Waals surface area contributed by atoms with Gasteiger partial charge in [0.25, 0.3) is 5.91 Å². The molecule has 1 aliphatic heterocycles. The molecule has 19 heavy (non-hydrogen) atoms. The normalized spacial score (nSPS) is 18.1. The molecule has 2 aliphatic rings. The van der Waals surface area contributed by atoms with Gasteiger partial charge in [0.2, 0.25) is 5.91 Å². The molecule has 1 saturated heterocycles. The topological polar surface area (TPSA) is 108 Å². The van der Waals surface area contributed by atoms with E-state index in [9.17, 15) is 19.2 Å². The van der Waals surface area contributed by atoms with E-state index in [0.717, 1.165) is 19.3 Å². The van der Waals surface area contributed by atoms with Crippen LogP contribution in [0.2, 0.25) is 0 Å².